The van der Waals surface area contributed by atoms with Crippen molar-refractivity contribution in [2.75, 3.05) is 18.8 Å². The Morgan fingerprint density at radius 1 is 1.00 bits per heavy atom. The number of aromatic nitrogens is 2. The molecule has 0 bridgehead atoms. The minimum absolute atomic E-state index is 0.112. The lowest BCUT2D eigenvalue weighted by atomic mass is 9.88. The van der Waals surface area contributed by atoms with Crippen molar-refractivity contribution < 1.29 is 9.18 Å². The fourth-order valence-electron chi connectivity index (χ4n) is 4.45. The van der Waals surface area contributed by atoms with E-state index in [0.717, 1.165) is 29.2 Å². The van der Waals surface area contributed by atoms with Gasteiger partial charge in [-0.2, -0.15) is 0 Å². The van der Waals surface area contributed by atoms with Crippen LogP contribution in [0.5, 0.6) is 0 Å². The number of fused-ring (bicyclic) bond motifs is 1. The number of pyridine rings is 2. The summed E-state index contributed by atoms with van der Waals surface area (Å²) in [6.45, 7) is 1.18. The molecule has 0 unspecified atom stereocenters. The molecule has 4 aromatic rings. The molecular weight excluding hydrogens is 403 g/mol. The Labute approximate surface area is 185 Å². The zero-order valence-electron chi connectivity index (χ0n) is 17.5. The molecule has 3 heterocycles. The van der Waals surface area contributed by atoms with Gasteiger partial charge in [0.15, 0.2) is 0 Å². The maximum absolute atomic E-state index is 14.8. The largest absolute Gasteiger partial charge is 0.383 e. The molecule has 32 heavy (non-hydrogen) atoms. The summed E-state index contributed by atoms with van der Waals surface area (Å²) in [5.74, 6) is 0.102. The number of halogens is 1. The Hall–Kier alpha value is -3.80. The van der Waals surface area contributed by atoms with Gasteiger partial charge in [-0.1, -0.05) is 24.3 Å². The lowest BCUT2D eigenvalue weighted by molar-refractivity contribution is 0.0708. The van der Waals surface area contributed by atoms with Gasteiger partial charge in [-0.05, 0) is 65.6 Å². The highest BCUT2D eigenvalue weighted by molar-refractivity contribution is 5.95. The van der Waals surface area contributed by atoms with Crippen molar-refractivity contribution in [2.45, 2.75) is 18.8 Å². The quantitative estimate of drug-likeness (QED) is 0.498. The third-order valence-electron chi connectivity index (χ3n) is 6.27. The number of carbonyl (C=O) groups is 1. The molecule has 1 fully saturated rings. The van der Waals surface area contributed by atoms with Crippen molar-refractivity contribution >= 4 is 22.5 Å². The summed E-state index contributed by atoms with van der Waals surface area (Å²) in [4.78, 5) is 23.0. The Balaban J connectivity index is 1.29. The molecule has 2 aromatic heterocycles. The van der Waals surface area contributed by atoms with E-state index in [1.54, 1.807) is 41.7 Å². The number of amides is 1. The Bertz CT molecular complexity index is 1280. The molecule has 1 saturated heterocycles. The molecule has 160 valence electrons. The number of benzene rings is 2. The van der Waals surface area contributed by atoms with Crippen LogP contribution in [0.25, 0.3) is 21.9 Å². The number of likely N-dealkylation sites (tertiary alicyclic amines) is 1. The van der Waals surface area contributed by atoms with Crippen molar-refractivity contribution in [3.63, 3.8) is 0 Å². The lowest BCUT2D eigenvalue weighted by Crippen LogP contribution is -2.38. The first-order valence-corrected chi connectivity index (χ1v) is 10.7. The second-order valence-corrected chi connectivity index (χ2v) is 8.18. The van der Waals surface area contributed by atoms with Gasteiger partial charge in [0.2, 0.25) is 0 Å². The predicted molar refractivity (Wildman–Crippen MR) is 124 cm³/mol. The summed E-state index contributed by atoms with van der Waals surface area (Å²) >= 11 is 0. The maximum Gasteiger partial charge on any atom is 0.256 e. The monoisotopic (exact) mass is 426 g/mol. The third-order valence-corrected chi connectivity index (χ3v) is 6.27. The molecule has 5 rings (SSSR count). The van der Waals surface area contributed by atoms with Crippen molar-refractivity contribution in [1.29, 1.82) is 0 Å². The molecule has 0 aliphatic carbocycles. The fourth-order valence-corrected chi connectivity index (χ4v) is 4.45. The molecule has 6 heteroatoms. The maximum atomic E-state index is 14.8. The van der Waals surface area contributed by atoms with Gasteiger partial charge in [-0.3, -0.25) is 9.78 Å². The Morgan fingerprint density at radius 3 is 2.59 bits per heavy atom. The number of carbonyl (C=O) groups excluding carboxylic acids is 1. The van der Waals surface area contributed by atoms with Crippen LogP contribution >= 0.6 is 0 Å². The second-order valence-electron chi connectivity index (χ2n) is 8.18. The Kier molecular flexibility index (Phi) is 5.27. The summed E-state index contributed by atoms with van der Waals surface area (Å²) in [5.41, 5.74) is 8.88. The van der Waals surface area contributed by atoms with Crippen LogP contribution in [0.2, 0.25) is 0 Å². The van der Waals surface area contributed by atoms with E-state index in [2.05, 4.69) is 28.2 Å². The molecule has 1 amide bonds. The zero-order chi connectivity index (χ0) is 22.1. The number of nitrogen functional groups attached to an aromatic ring is 1. The van der Waals surface area contributed by atoms with Crippen LogP contribution in [0.1, 0.15) is 34.7 Å². The summed E-state index contributed by atoms with van der Waals surface area (Å²) < 4.78 is 14.8. The van der Waals surface area contributed by atoms with Gasteiger partial charge in [0, 0.05) is 42.6 Å². The van der Waals surface area contributed by atoms with Gasteiger partial charge in [0.1, 0.15) is 11.6 Å². The first-order chi connectivity index (χ1) is 15.6. The van der Waals surface area contributed by atoms with E-state index in [9.17, 15) is 9.18 Å². The highest BCUT2D eigenvalue weighted by Crippen LogP contribution is 2.32. The minimum atomic E-state index is -0.504. The second kappa shape index (κ2) is 8.38. The SMILES string of the molecule is Nc1nccc2ccc(C3CCN(C(=O)c4ccc(-c5cccnc5)cc4F)CC3)cc12. The smallest absolute Gasteiger partial charge is 0.256 e. The number of nitrogens with two attached hydrogens (primary N) is 1. The molecule has 0 radical (unpaired) electrons. The molecule has 0 atom stereocenters. The third kappa shape index (κ3) is 3.80. The van der Waals surface area contributed by atoms with E-state index in [4.69, 9.17) is 5.73 Å². The van der Waals surface area contributed by atoms with E-state index >= 15 is 0 Å². The van der Waals surface area contributed by atoms with E-state index in [1.807, 2.05) is 12.1 Å². The van der Waals surface area contributed by atoms with Gasteiger partial charge < -0.3 is 10.6 Å². The first-order valence-electron chi connectivity index (χ1n) is 10.7. The molecule has 0 saturated carbocycles. The summed E-state index contributed by atoms with van der Waals surface area (Å²) in [6.07, 6.45) is 6.71. The first kappa shape index (κ1) is 20.1. The van der Waals surface area contributed by atoms with Crippen molar-refractivity contribution in [2.24, 2.45) is 0 Å². The topological polar surface area (TPSA) is 72.1 Å². The van der Waals surface area contributed by atoms with Gasteiger partial charge in [0.25, 0.3) is 5.91 Å². The van der Waals surface area contributed by atoms with E-state index in [0.29, 0.717) is 30.4 Å². The van der Waals surface area contributed by atoms with Crippen molar-refractivity contribution in [3.8, 4) is 11.1 Å². The van der Waals surface area contributed by atoms with Crippen LogP contribution in [0.15, 0.2) is 73.2 Å². The van der Waals surface area contributed by atoms with Crippen LogP contribution < -0.4 is 5.73 Å². The predicted octanol–water partition coefficient (Wildman–Crippen LogP) is 5.04. The fraction of sp³-hybridized carbons (Fsp3) is 0.192. The zero-order valence-corrected chi connectivity index (χ0v) is 17.5. The summed E-state index contributed by atoms with van der Waals surface area (Å²) in [7, 11) is 0. The van der Waals surface area contributed by atoms with E-state index in [1.165, 1.54) is 11.6 Å². The summed E-state index contributed by atoms with van der Waals surface area (Å²) in [5, 5.41) is 2.03. The average molecular weight is 426 g/mol. The van der Waals surface area contributed by atoms with Gasteiger partial charge in [-0.25, -0.2) is 9.37 Å². The number of rotatable bonds is 3. The molecule has 5 nitrogen and oxygen atoms in total. The molecule has 1 aliphatic heterocycles. The number of piperidine rings is 1. The van der Waals surface area contributed by atoms with Crippen LogP contribution in [0.3, 0.4) is 0 Å². The highest BCUT2D eigenvalue weighted by atomic mass is 19.1. The number of anilines is 1. The van der Waals surface area contributed by atoms with Gasteiger partial charge in [-0.15, -0.1) is 0 Å². The van der Waals surface area contributed by atoms with Crippen molar-refractivity contribution in [3.05, 3.63) is 90.1 Å². The van der Waals surface area contributed by atoms with Crippen LogP contribution in [-0.2, 0) is 0 Å². The van der Waals surface area contributed by atoms with E-state index in [-0.39, 0.29) is 11.5 Å². The van der Waals surface area contributed by atoms with E-state index < -0.39 is 5.82 Å². The molecule has 0 spiro atoms. The van der Waals surface area contributed by atoms with Crippen molar-refractivity contribution in [1.82, 2.24) is 14.9 Å². The number of hydrogen-bond acceptors (Lipinski definition) is 4. The lowest BCUT2D eigenvalue weighted by Gasteiger charge is -2.32. The molecule has 1 aliphatic rings. The minimum Gasteiger partial charge on any atom is -0.383 e. The summed E-state index contributed by atoms with van der Waals surface area (Å²) in [6, 6.07) is 16.7. The normalized spacial score (nSPS) is 14.6. The Morgan fingerprint density at radius 2 is 1.84 bits per heavy atom. The van der Waals surface area contributed by atoms with Gasteiger partial charge in [0.05, 0.1) is 5.56 Å². The van der Waals surface area contributed by atoms with Crippen LogP contribution in [0.4, 0.5) is 10.2 Å². The van der Waals surface area contributed by atoms with Gasteiger partial charge >= 0.3 is 0 Å². The highest BCUT2D eigenvalue weighted by Gasteiger charge is 2.26. The van der Waals surface area contributed by atoms with Crippen LogP contribution in [0, 0.1) is 5.82 Å². The number of nitrogens with zero attached hydrogens (tertiary/aromatic N) is 3. The standard InChI is InChI=1S/C26H23FN4O/c27-24-15-20(21-2-1-10-29-16-21)5-6-22(24)26(32)31-12-8-17(9-13-31)19-4-3-18-7-11-30-25(28)23(18)14-19/h1-7,10-11,14-17H,8-9,12-13H2,(H2,28,30). The van der Waals surface area contributed by atoms with Crippen LogP contribution in [-0.4, -0.2) is 33.9 Å². The number of hydrogen-bond donors (Lipinski definition) is 1. The molecule has 2 aromatic carbocycles. The molecule has 2 N–H and O–H groups in total. The average Bonchev–Trinajstić information content (AvgIpc) is 2.84. The molecular formula is C26H23FN4O.